The van der Waals surface area contributed by atoms with Gasteiger partial charge in [0.1, 0.15) is 0 Å². The number of nitrogens with one attached hydrogen (secondary N) is 4. The fourth-order valence-electron chi connectivity index (χ4n) is 2.55. The molecule has 0 bridgehead atoms. The van der Waals surface area contributed by atoms with Crippen molar-refractivity contribution in [1.82, 2.24) is 0 Å². The van der Waals surface area contributed by atoms with E-state index in [1.807, 2.05) is 24.3 Å². The molecule has 4 aromatic heterocycles. The Morgan fingerprint density at radius 3 is 1.14 bits per heavy atom. The Labute approximate surface area is 177 Å². The molecule has 4 aromatic rings. The van der Waals surface area contributed by atoms with Crippen molar-refractivity contribution in [1.29, 1.82) is 10.8 Å². The highest BCUT2D eigenvalue weighted by atomic mass is 32.1. The predicted octanol–water partition coefficient (Wildman–Crippen LogP) is 5.54. The third-order valence-electron chi connectivity index (χ3n) is 3.67. The molecule has 0 fully saturated rings. The molecule has 8 N–H and O–H groups in total. The van der Waals surface area contributed by atoms with Crippen molar-refractivity contribution in [2.75, 3.05) is 10.6 Å². The summed E-state index contributed by atoms with van der Waals surface area (Å²) in [5.74, 6) is -0.108. The predicted molar refractivity (Wildman–Crippen MR) is 125 cm³/mol. The Hall–Kier alpha value is -2.66. The summed E-state index contributed by atoms with van der Waals surface area (Å²) in [7, 11) is 0. The highest BCUT2D eigenvalue weighted by Crippen LogP contribution is 2.43. The molecule has 0 saturated heterocycles. The van der Waals surface area contributed by atoms with Crippen molar-refractivity contribution in [2.24, 2.45) is 11.5 Å². The van der Waals surface area contributed by atoms with Crippen molar-refractivity contribution in [3.05, 3.63) is 48.5 Å². The lowest BCUT2D eigenvalue weighted by Gasteiger charge is -1.97. The van der Waals surface area contributed by atoms with Crippen LogP contribution in [0, 0.1) is 10.8 Å². The van der Waals surface area contributed by atoms with Crippen molar-refractivity contribution in [3.8, 4) is 29.3 Å². The van der Waals surface area contributed by atoms with E-state index < -0.39 is 0 Å². The maximum absolute atomic E-state index is 7.33. The Kier molecular flexibility index (Phi) is 5.18. The van der Waals surface area contributed by atoms with Crippen molar-refractivity contribution in [2.45, 2.75) is 0 Å². The molecule has 0 amide bonds. The summed E-state index contributed by atoms with van der Waals surface area (Å²) in [5.41, 5.74) is 10.8. The molecule has 0 aliphatic heterocycles. The zero-order chi connectivity index (χ0) is 19.7. The lowest BCUT2D eigenvalue weighted by molar-refractivity contribution is 1.42. The lowest BCUT2D eigenvalue weighted by atomic mass is 10.3. The van der Waals surface area contributed by atoms with Gasteiger partial charge in [-0.1, -0.05) is 0 Å². The van der Waals surface area contributed by atoms with Gasteiger partial charge in [-0.05, 0) is 48.5 Å². The largest absolute Gasteiger partial charge is 0.370 e. The third kappa shape index (κ3) is 4.09. The normalized spacial score (nSPS) is 10.7. The fourth-order valence-corrected chi connectivity index (χ4v) is 6.67. The molecule has 0 radical (unpaired) electrons. The van der Waals surface area contributed by atoms with Crippen LogP contribution in [0.3, 0.4) is 0 Å². The highest BCUT2D eigenvalue weighted by molar-refractivity contribution is 7.29. The van der Waals surface area contributed by atoms with Gasteiger partial charge in [0.15, 0.2) is 11.9 Å². The Morgan fingerprint density at radius 2 is 0.821 bits per heavy atom. The summed E-state index contributed by atoms with van der Waals surface area (Å²) in [4.78, 5) is 7.12. The molecule has 28 heavy (non-hydrogen) atoms. The van der Waals surface area contributed by atoms with E-state index in [0.717, 1.165) is 19.8 Å². The van der Waals surface area contributed by atoms with Gasteiger partial charge < -0.3 is 22.1 Å². The molecule has 4 heterocycles. The van der Waals surface area contributed by atoms with Crippen LogP contribution in [0.15, 0.2) is 48.5 Å². The Balaban J connectivity index is 1.53. The molecule has 0 spiro atoms. The lowest BCUT2D eigenvalue weighted by Crippen LogP contribution is -2.19. The van der Waals surface area contributed by atoms with Crippen molar-refractivity contribution >= 4 is 67.3 Å². The van der Waals surface area contributed by atoms with Gasteiger partial charge in [0.2, 0.25) is 0 Å². The number of thiophene rings is 4. The summed E-state index contributed by atoms with van der Waals surface area (Å²) < 4.78 is 0. The fraction of sp³-hybridized carbons (Fsp3) is 0. The van der Waals surface area contributed by atoms with Gasteiger partial charge in [0.25, 0.3) is 0 Å². The number of anilines is 2. The molecule has 4 rings (SSSR count). The van der Waals surface area contributed by atoms with E-state index >= 15 is 0 Å². The average molecular weight is 445 g/mol. The maximum Gasteiger partial charge on any atom is 0.190 e. The molecule has 0 aliphatic carbocycles. The van der Waals surface area contributed by atoms with E-state index in [0.29, 0.717) is 0 Å². The molecule has 6 nitrogen and oxygen atoms in total. The van der Waals surface area contributed by atoms with Crippen LogP contribution in [0.25, 0.3) is 29.3 Å². The minimum absolute atomic E-state index is 0.0541. The van der Waals surface area contributed by atoms with E-state index in [9.17, 15) is 0 Å². The molecule has 0 atom stereocenters. The monoisotopic (exact) mass is 444 g/mol. The second kappa shape index (κ2) is 7.76. The van der Waals surface area contributed by atoms with Gasteiger partial charge in [-0.2, -0.15) is 0 Å². The molecular formula is C18H16N6S4. The van der Waals surface area contributed by atoms with E-state index in [2.05, 4.69) is 34.9 Å². The van der Waals surface area contributed by atoms with Crippen molar-refractivity contribution in [3.63, 3.8) is 0 Å². The van der Waals surface area contributed by atoms with Gasteiger partial charge in [-0.15, -0.1) is 45.3 Å². The quantitative estimate of drug-likeness (QED) is 0.178. The maximum atomic E-state index is 7.33. The van der Waals surface area contributed by atoms with Crippen LogP contribution < -0.4 is 22.1 Å². The minimum Gasteiger partial charge on any atom is -0.370 e. The first-order valence-corrected chi connectivity index (χ1v) is 11.4. The first-order chi connectivity index (χ1) is 13.5. The van der Waals surface area contributed by atoms with Crippen LogP contribution in [0.4, 0.5) is 10.0 Å². The SMILES string of the molecule is N=C(N)Nc1ccc(-c2ccc(-c3ccc(-c4ccc(NC(=N)N)s4)s3)s2)s1. The Morgan fingerprint density at radius 1 is 0.536 bits per heavy atom. The van der Waals surface area contributed by atoms with Crippen molar-refractivity contribution < 1.29 is 0 Å². The van der Waals surface area contributed by atoms with Crippen LogP contribution in [0.1, 0.15) is 0 Å². The van der Waals surface area contributed by atoms with Gasteiger partial charge >= 0.3 is 0 Å². The second-order valence-electron chi connectivity index (χ2n) is 5.73. The van der Waals surface area contributed by atoms with Gasteiger partial charge in [0, 0.05) is 29.3 Å². The number of nitrogens with two attached hydrogens (primary N) is 2. The Bertz CT molecular complexity index is 1060. The topological polar surface area (TPSA) is 124 Å². The molecule has 142 valence electrons. The molecular weight excluding hydrogens is 429 g/mol. The number of rotatable bonds is 5. The minimum atomic E-state index is -0.0541. The smallest absolute Gasteiger partial charge is 0.190 e. The van der Waals surface area contributed by atoms with Gasteiger partial charge in [0.05, 0.1) is 10.0 Å². The van der Waals surface area contributed by atoms with Crippen LogP contribution in [-0.2, 0) is 0 Å². The zero-order valence-electron chi connectivity index (χ0n) is 14.4. The summed E-state index contributed by atoms with van der Waals surface area (Å²) in [6.45, 7) is 0. The standard InChI is InChI=1S/C18H16N6S4/c19-17(20)23-15-7-5-13(27-15)11-3-1-9(25-11)10-2-4-12(26-10)14-6-8-16(28-14)24-18(21)22/h1-8H,(H4,19,20,23)(H4,21,22,24). The average Bonchev–Trinajstić information content (AvgIpc) is 3.40. The van der Waals surface area contributed by atoms with Gasteiger partial charge in [-0.3, -0.25) is 10.8 Å². The third-order valence-corrected chi connectivity index (χ3v) is 8.43. The number of hydrogen-bond acceptors (Lipinski definition) is 6. The van der Waals surface area contributed by atoms with Crippen LogP contribution in [0.2, 0.25) is 0 Å². The number of guanidine groups is 2. The zero-order valence-corrected chi connectivity index (χ0v) is 17.7. The highest BCUT2D eigenvalue weighted by Gasteiger charge is 2.12. The van der Waals surface area contributed by atoms with Crippen LogP contribution >= 0.6 is 45.3 Å². The molecule has 0 unspecified atom stereocenters. The molecule has 10 heteroatoms. The van der Waals surface area contributed by atoms with Crippen LogP contribution in [0.5, 0.6) is 0 Å². The second-order valence-corrected chi connectivity index (χ2v) is 10.1. The summed E-state index contributed by atoms with van der Waals surface area (Å²) in [5, 5.41) is 22.0. The number of hydrogen-bond donors (Lipinski definition) is 6. The summed E-state index contributed by atoms with van der Waals surface area (Å²) in [6.07, 6.45) is 0. The molecule has 0 aromatic carbocycles. The van der Waals surface area contributed by atoms with E-state index in [4.69, 9.17) is 22.3 Å². The summed E-state index contributed by atoms with van der Waals surface area (Å²) in [6, 6.07) is 16.5. The van der Waals surface area contributed by atoms with Gasteiger partial charge in [-0.25, -0.2) is 0 Å². The van der Waals surface area contributed by atoms with E-state index in [1.165, 1.54) is 19.5 Å². The first kappa shape index (κ1) is 18.7. The summed E-state index contributed by atoms with van der Waals surface area (Å²) >= 11 is 6.66. The van der Waals surface area contributed by atoms with Crippen LogP contribution in [-0.4, -0.2) is 11.9 Å². The molecule has 0 aliphatic rings. The van der Waals surface area contributed by atoms with E-state index in [-0.39, 0.29) is 11.9 Å². The van der Waals surface area contributed by atoms with E-state index in [1.54, 1.807) is 45.3 Å². The molecule has 0 saturated carbocycles. The first-order valence-electron chi connectivity index (χ1n) is 8.10.